The van der Waals surface area contributed by atoms with Crippen LogP contribution in [-0.4, -0.2) is 58.2 Å². The van der Waals surface area contributed by atoms with Crippen molar-refractivity contribution in [3.63, 3.8) is 0 Å². The van der Waals surface area contributed by atoms with Crippen molar-refractivity contribution in [2.45, 2.75) is 63.6 Å². The summed E-state index contributed by atoms with van der Waals surface area (Å²) in [4.78, 5) is 61.0. The number of aromatic nitrogens is 1. The van der Waals surface area contributed by atoms with E-state index in [4.69, 9.17) is 0 Å². The number of anilines is 2. The molecule has 4 heterocycles. The highest BCUT2D eigenvalue weighted by molar-refractivity contribution is 6.10. The van der Waals surface area contributed by atoms with Crippen molar-refractivity contribution in [1.82, 2.24) is 15.2 Å². The van der Waals surface area contributed by atoms with Crippen molar-refractivity contribution in [3.8, 4) is 6.07 Å². The predicted molar refractivity (Wildman–Crippen MR) is 177 cm³/mol. The number of likely N-dealkylation sites (tertiary alicyclic amines) is 1. The summed E-state index contributed by atoms with van der Waals surface area (Å²) < 4.78 is 57.5. The second-order valence-electron chi connectivity index (χ2n) is 14.5. The van der Waals surface area contributed by atoms with Crippen molar-refractivity contribution < 1.29 is 36.7 Å². The highest BCUT2D eigenvalue weighted by atomic mass is 19.2. The second kappa shape index (κ2) is 12.0. The number of nitriles is 1. The summed E-state index contributed by atoms with van der Waals surface area (Å²) in [6.07, 6.45) is -0.0478. The number of hydrogen-bond donors (Lipinski definition) is 3. The molecule has 1 fully saturated rings. The lowest BCUT2D eigenvalue weighted by Gasteiger charge is -2.42. The van der Waals surface area contributed by atoms with Crippen LogP contribution in [0.2, 0.25) is 0 Å². The minimum Gasteiger partial charge on any atom is -0.348 e. The molecule has 0 bridgehead atoms. The van der Waals surface area contributed by atoms with Gasteiger partial charge in [0.1, 0.15) is 35.5 Å². The fraction of sp³-hybridized carbons (Fsp3) is 0.324. The number of para-hydroxylation sites is 1. The number of fused-ring (bicyclic) bond motifs is 4. The van der Waals surface area contributed by atoms with Gasteiger partial charge in [0.2, 0.25) is 11.8 Å². The largest absolute Gasteiger partial charge is 0.348 e. The number of H-pyrrole nitrogens is 1. The Hall–Kier alpha value is -5.71. The summed E-state index contributed by atoms with van der Waals surface area (Å²) in [7, 11) is 0. The highest BCUT2D eigenvalue weighted by Crippen LogP contribution is 2.47. The average molecular weight is 701 g/mol. The van der Waals surface area contributed by atoms with Gasteiger partial charge in [0, 0.05) is 36.5 Å². The Labute approximate surface area is 289 Å². The van der Waals surface area contributed by atoms with E-state index in [2.05, 4.69) is 21.7 Å². The number of rotatable bonds is 5. The summed E-state index contributed by atoms with van der Waals surface area (Å²) >= 11 is 0. The quantitative estimate of drug-likeness (QED) is 0.193. The third kappa shape index (κ3) is 5.57. The monoisotopic (exact) mass is 700 g/mol. The number of nitrogens with one attached hydrogen (secondary N) is 3. The van der Waals surface area contributed by atoms with Gasteiger partial charge in [-0.05, 0) is 47.2 Å². The van der Waals surface area contributed by atoms with Gasteiger partial charge in [-0.15, -0.1) is 0 Å². The van der Waals surface area contributed by atoms with Crippen molar-refractivity contribution in [1.29, 1.82) is 5.26 Å². The van der Waals surface area contributed by atoms with Gasteiger partial charge >= 0.3 is 0 Å². The van der Waals surface area contributed by atoms with E-state index in [1.807, 2.05) is 20.8 Å². The topological polar surface area (TPSA) is 138 Å². The predicted octanol–water partition coefficient (Wildman–Crippen LogP) is 5.23. The van der Waals surface area contributed by atoms with Gasteiger partial charge in [0.15, 0.2) is 11.6 Å². The number of halogens is 4. The Balaban J connectivity index is 1.26. The van der Waals surface area contributed by atoms with Gasteiger partial charge in [0.05, 0.1) is 22.7 Å². The van der Waals surface area contributed by atoms with Crippen molar-refractivity contribution >= 4 is 45.9 Å². The number of carbonyl (C=O) groups is 4. The molecule has 0 saturated carbocycles. The van der Waals surface area contributed by atoms with Crippen molar-refractivity contribution in [2.24, 2.45) is 5.41 Å². The zero-order valence-corrected chi connectivity index (χ0v) is 27.7. The Bertz CT molecular complexity index is 2210. The first-order valence-electron chi connectivity index (χ1n) is 16.3. The van der Waals surface area contributed by atoms with E-state index in [-0.39, 0.29) is 48.5 Å². The van der Waals surface area contributed by atoms with E-state index >= 15 is 0 Å². The number of aromatic amines is 1. The maximum atomic E-state index is 14.8. The minimum absolute atomic E-state index is 0.0216. The molecule has 3 aromatic carbocycles. The van der Waals surface area contributed by atoms with Crippen LogP contribution in [0.4, 0.5) is 28.9 Å². The molecule has 0 aliphatic carbocycles. The minimum atomic E-state index is -1.45. The second-order valence-corrected chi connectivity index (χ2v) is 14.5. The number of benzene rings is 3. The maximum absolute atomic E-state index is 14.8. The molecule has 4 atom stereocenters. The van der Waals surface area contributed by atoms with E-state index in [0.29, 0.717) is 22.9 Å². The van der Waals surface area contributed by atoms with E-state index < -0.39 is 75.5 Å². The Morgan fingerprint density at radius 3 is 2.53 bits per heavy atom. The third-order valence-corrected chi connectivity index (χ3v) is 9.89. The maximum Gasteiger partial charge on any atom is 0.268 e. The number of nitrogens with zero attached hydrogens (tertiary/aromatic N) is 3. The first-order valence-corrected chi connectivity index (χ1v) is 16.3. The Morgan fingerprint density at radius 1 is 1.06 bits per heavy atom. The van der Waals surface area contributed by atoms with Gasteiger partial charge < -0.3 is 20.5 Å². The molecular weight excluding hydrogens is 668 g/mol. The van der Waals surface area contributed by atoms with Gasteiger partial charge in [-0.2, -0.15) is 5.26 Å². The third-order valence-electron chi connectivity index (χ3n) is 9.89. The average Bonchev–Trinajstić information content (AvgIpc) is 3.78. The van der Waals surface area contributed by atoms with E-state index in [0.717, 1.165) is 17.0 Å². The van der Waals surface area contributed by atoms with Crippen LogP contribution in [0, 0.1) is 40.0 Å². The zero-order chi connectivity index (χ0) is 36.6. The Kier molecular flexibility index (Phi) is 7.92. The molecule has 10 nitrogen and oxygen atoms in total. The van der Waals surface area contributed by atoms with Gasteiger partial charge in [0.25, 0.3) is 11.8 Å². The molecule has 3 aliphatic rings. The first kappa shape index (κ1) is 33.8. The molecule has 3 N–H and O–H groups in total. The summed E-state index contributed by atoms with van der Waals surface area (Å²) in [5, 5.41) is 15.3. The SMILES string of the molecule is CC(C)(C)C[C@@H](C(=O)N1C[C@]2(C[C@H]1C#N)C(=O)Nc1ccccc12)N1C(=O)[C@@H](NC(=O)c2cc3c(F)cc(F)c(F)c3[nH]2)Cc2ccc(F)cc21. The normalized spacial score (nSPS) is 21.8. The lowest BCUT2D eigenvalue weighted by Crippen LogP contribution is -2.61. The number of hydrogen-bond acceptors (Lipinski definition) is 5. The molecule has 1 saturated heterocycles. The Morgan fingerprint density at radius 2 is 1.80 bits per heavy atom. The number of amides is 4. The molecule has 51 heavy (non-hydrogen) atoms. The van der Waals surface area contributed by atoms with E-state index in [9.17, 15) is 42.0 Å². The van der Waals surface area contributed by atoms with Crippen molar-refractivity contribution in [2.75, 3.05) is 16.8 Å². The van der Waals surface area contributed by atoms with Crippen LogP contribution in [0.3, 0.4) is 0 Å². The molecular formula is C37H32F4N6O4. The lowest BCUT2D eigenvalue weighted by atomic mass is 9.80. The van der Waals surface area contributed by atoms with Crippen LogP contribution in [0.25, 0.3) is 10.9 Å². The lowest BCUT2D eigenvalue weighted by molar-refractivity contribution is -0.136. The highest BCUT2D eigenvalue weighted by Gasteiger charge is 2.57. The molecule has 262 valence electrons. The molecule has 1 spiro atoms. The van der Waals surface area contributed by atoms with Gasteiger partial charge in [-0.3, -0.25) is 24.1 Å². The van der Waals surface area contributed by atoms with E-state index in [1.54, 1.807) is 24.3 Å². The zero-order valence-electron chi connectivity index (χ0n) is 27.7. The van der Waals surface area contributed by atoms with Crippen LogP contribution >= 0.6 is 0 Å². The van der Waals surface area contributed by atoms with Gasteiger partial charge in [-0.25, -0.2) is 17.6 Å². The fourth-order valence-electron chi connectivity index (χ4n) is 7.55. The molecule has 4 aromatic rings. The van der Waals surface area contributed by atoms with Crippen LogP contribution in [-0.2, 0) is 26.2 Å². The summed E-state index contributed by atoms with van der Waals surface area (Å²) in [5.41, 5.74) is -0.968. The molecule has 0 unspecified atom stereocenters. The van der Waals surface area contributed by atoms with Crippen LogP contribution < -0.4 is 15.5 Å². The molecule has 1 aromatic heterocycles. The summed E-state index contributed by atoms with van der Waals surface area (Å²) in [5.74, 6) is -7.32. The van der Waals surface area contributed by atoms with Crippen LogP contribution in [0.5, 0.6) is 0 Å². The molecule has 3 aliphatic heterocycles. The summed E-state index contributed by atoms with van der Waals surface area (Å²) in [6.45, 7) is 5.40. The molecule has 0 radical (unpaired) electrons. The molecule has 14 heteroatoms. The van der Waals surface area contributed by atoms with E-state index in [1.165, 1.54) is 17.0 Å². The summed E-state index contributed by atoms with van der Waals surface area (Å²) in [6, 6.07) is 10.6. The van der Waals surface area contributed by atoms with Gasteiger partial charge in [-0.1, -0.05) is 45.0 Å². The van der Waals surface area contributed by atoms with Crippen LogP contribution in [0.1, 0.15) is 55.2 Å². The standard InChI is InChI=1S/C37H32F4N6O4/c1-36(2,3)15-29(34(50)46-17-37(14-20(46)16-42)22-6-4-5-7-25(22)45-35(37)51)47-28-11-19(38)9-8-18(28)10-27(33(47)49)44-32(48)26-12-21-23(39)13-24(40)30(41)31(21)43-26/h4-9,11-13,20,27,29,43H,10,14-15,17H2,1-3H3,(H,44,48)(H,45,51)/t20-,27-,29-,37-/m0/s1. The van der Waals surface area contributed by atoms with Crippen molar-refractivity contribution in [3.05, 3.63) is 94.7 Å². The fourth-order valence-corrected chi connectivity index (χ4v) is 7.55. The number of carbonyl (C=O) groups excluding carboxylic acids is 4. The molecule has 7 rings (SSSR count). The first-order chi connectivity index (χ1) is 24.1. The van der Waals surface area contributed by atoms with Crippen LogP contribution in [0.15, 0.2) is 54.6 Å². The smallest absolute Gasteiger partial charge is 0.268 e. The molecule has 4 amide bonds.